The molecule has 3 heterocycles. The van der Waals surface area contributed by atoms with Crippen molar-refractivity contribution in [2.24, 2.45) is 12.2 Å². The molecule has 2 N–H and O–H groups in total. The molecule has 0 radical (unpaired) electrons. The summed E-state index contributed by atoms with van der Waals surface area (Å²) in [5, 5.41) is 11.3. The molecule has 0 unspecified atom stereocenters. The predicted molar refractivity (Wildman–Crippen MR) is 118 cm³/mol. The Morgan fingerprint density at radius 3 is 2.63 bits per heavy atom. The minimum absolute atomic E-state index is 0.312. The van der Waals surface area contributed by atoms with Crippen molar-refractivity contribution >= 4 is 16.7 Å². The Balaban J connectivity index is 1.56. The summed E-state index contributed by atoms with van der Waals surface area (Å²) < 4.78 is 1.68. The molecule has 1 aliphatic rings. The predicted octanol–water partition coefficient (Wildman–Crippen LogP) is 4.97. The highest BCUT2D eigenvalue weighted by Crippen LogP contribution is 2.38. The fourth-order valence-electron chi connectivity index (χ4n) is 4.19. The second-order valence-corrected chi connectivity index (χ2v) is 7.89. The van der Waals surface area contributed by atoms with Gasteiger partial charge in [0.1, 0.15) is 11.4 Å². The van der Waals surface area contributed by atoms with Gasteiger partial charge in [-0.3, -0.25) is 4.68 Å². The van der Waals surface area contributed by atoms with Crippen molar-refractivity contribution in [1.82, 2.24) is 25.1 Å². The van der Waals surface area contributed by atoms with E-state index in [1.54, 1.807) is 4.68 Å². The molecule has 0 saturated heterocycles. The molecule has 7 heteroatoms. The van der Waals surface area contributed by atoms with Gasteiger partial charge in [-0.05, 0) is 46.8 Å². The first-order valence-corrected chi connectivity index (χ1v) is 10.4. The van der Waals surface area contributed by atoms with Crippen molar-refractivity contribution in [1.29, 1.82) is 0 Å². The fourth-order valence-corrected chi connectivity index (χ4v) is 4.19. The maximum Gasteiger partial charge on any atom is 0.165 e. The molecule has 0 spiro atoms. The maximum atomic E-state index is 11.8. The molecule has 7 nitrogen and oxygen atoms in total. The molecule has 4 aromatic rings. The molecule has 0 bridgehead atoms. The Morgan fingerprint density at radius 1 is 1.13 bits per heavy atom. The number of H-pyrrole nitrogens is 1. The molecular formula is C23H24N6O. The number of rotatable bonds is 6. The number of hydrogen-bond acceptors (Lipinski definition) is 5. The van der Waals surface area contributed by atoms with Gasteiger partial charge in [-0.2, -0.15) is 5.10 Å². The van der Waals surface area contributed by atoms with E-state index < -0.39 is 0 Å². The lowest BCUT2D eigenvalue weighted by Gasteiger charge is -2.02. The van der Waals surface area contributed by atoms with Gasteiger partial charge < -0.3 is 10.3 Å². The lowest BCUT2D eigenvalue weighted by Crippen LogP contribution is -1.99. The summed E-state index contributed by atoms with van der Waals surface area (Å²) >= 11 is 0. The topological polar surface area (TPSA) is 88.0 Å². The molecular weight excluding hydrogens is 376 g/mol. The maximum absolute atomic E-state index is 11.8. The second kappa shape index (κ2) is 7.50. The second-order valence-electron chi connectivity index (χ2n) is 7.89. The quantitative estimate of drug-likeness (QED) is 0.447. The largest absolute Gasteiger partial charge is 0.337 e. The summed E-state index contributed by atoms with van der Waals surface area (Å²) in [4.78, 5) is 19.9. The van der Waals surface area contributed by atoms with E-state index in [1.807, 2.05) is 19.2 Å². The highest BCUT2D eigenvalue weighted by Gasteiger charge is 2.23. The number of aromatic amines is 1. The number of nitrogens with one attached hydrogen (secondary N) is 2. The Morgan fingerprint density at radius 2 is 1.90 bits per heavy atom. The SMILES string of the molecule is CCCCc1ccc(-c2nn(C)c(-c3nc4cc5c(cc4[nH]3)CNC5)c2N=O)cc1. The van der Waals surface area contributed by atoms with Crippen LogP contribution in [0.3, 0.4) is 0 Å². The van der Waals surface area contributed by atoms with E-state index >= 15 is 0 Å². The smallest absolute Gasteiger partial charge is 0.165 e. The molecule has 0 aliphatic carbocycles. The van der Waals surface area contributed by atoms with Gasteiger partial charge in [-0.15, -0.1) is 4.91 Å². The highest BCUT2D eigenvalue weighted by molar-refractivity contribution is 5.87. The summed E-state index contributed by atoms with van der Waals surface area (Å²) in [7, 11) is 1.82. The molecule has 2 aromatic carbocycles. The number of aromatic nitrogens is 4. The van der Waals surface area contributed by atoms with Crippen LogP contribution in [0.1, 0.15) is 36.5 Å². The summed E-state index contributed by atoms with van der Waals surface area (Å²) in [6.45, 7) is 3.91. The van der Waals surface area contributed by atoms with Crippen LogP contribution < -0.4 is 5.32 Å². The first kappa shape index (κ1) is 18.7. The van der Waals surface area contributed by atoms with Gasteiger partial charge in [0.05, 0.1) is 11.0 Å². The van der Waals surface area contributed by atoms with E-state index in [0.29, 0.717) is 22.9 Å². The lowest BCUT2D eigenvalue weighted by atomic mass is 10.0. The molecule has 30 heavy (non-hydrogen) atoms. The van der Waals surface area contributed by atoms with E-state index in [4.69, 9.17) is 4.98 Å². The Bertz CT molecular complexity index is 1190. The van der Waals surface area contributed by atoms with E-state index in [9.17, 15) is 4.91 Å². The number of nitrogens with zero attached hydrogens (tertiary/aromatic N) is 4. The van der Waals surface area contributed by atoms with E-state index in [2.05, 4.69) is 51.8 Å². The molecule has 0 saturated carbocycles. The normalized spacial score (nSPS) is 13.1. The highest BCUT2D eigenvalue weighted by atomic mass is 16.3. The number of hydrogen-bond donors (Lipinski definition) is 2. The fraction of sp³-hybridized carbons (Fsp3) is 0.304. The van der Waals surface area contributed by atoms with Crippen molar-refractivity contribution in [3.63, 3.8) is 0 Å². The molecule has 0 fully saturated rings. The van der Waals surface area contributed by atoms with Crippen LogP contribution in [0.25, 0.3) is 33.8 Å². The van der Waals surface area contributed by atoms with Crippen LogP contribution in [-0.4, -0.2) is 19.7 Å². The first-order chi connectivity index (χ1) is 14.7. The van der Waals surface area contributed by atoms with Crippen LogP contribution in [0.4, 0.5) is 5.69 Å². The monoisotopic (exact) mass is 400 g/mol. The van der Waals surface area contributed by atoms with E-state index in [0.717, 1.165) is 36.1 Å². The molecule has 2 aromatic heterocycles. The number of imidazole rings is 1. The Labute approximate surface area is 174 Å². The third-order valence-corrected chi connectivity index (χ3v) is 5.82. The molecule has 0 atom stereocenters. The van der Waals surface area contributed by atoms with Gasteiger partial charge in [0, 0.05) is 25.7 Å². The molecule has 152 valence electrons. The van der Waals surface area contributed by atoms with Crippen LogP contribution >= 0.6 is 0 Å². The Kier molecular flexibility index (Phi) is 4.67. The van der Waals surface area contributed by atoms with Gasteiger partial charge in [0.25, 0.3) is 0 Å². The molecule has 5 rings (SSSR count). The summed E-state index contributed by atoms with van der Waals surface area (Å²) in [6, 6.07) is 12.5. The standard InChI is InChI=1S/C23H24N6O/c1-3-4-5-14-6-8-15(9-7-14)20-21(28-30)22(29(2)27-20)23-25-18-10-16-12-24-13-17(16)11-19(18)26-23/h6-11,24H,3-5,12-13H2,1-2H3,(H,25,26). The van der Waals surface area contributed by atoms with Crippen LogP contribution in [0.5, 0.6) is 0 Å². The minimum atomic E-state index is 0.312. The van der Waals surface area contributed by atoms with Crippen molar-refractivity contribution in [2.75, 3.05) is 0 Å². The van der Waals surface area contributed by atoms with Gasteiger partial charge in [-0.1, -0.05) is 37.6 Å². The van der Waals surface area contributed by atoms with Crippen molar-refractivity contribution in [3.8, 4) is 22.8 Å². The van der Waals surface area contributed by atoms with Crippen molar-refractivity contribution in [2.45, 2.75) is 39.3 Å². The Hall–Kier alpha value is -3.32. The van der Waals surface area contributed by atoms with Crippen LogP contribution in [-0.2, 0) is 26.6 Å². The van der Waals surface area contributed by atoms with E-state index in [1.165, 1.54) is 29.5 Å². The van der Waals surface area contributed by atoms with Crippen LogP contribution in [0, 0.1) is 4.91 Å². The first-order valence-electron chi connectivity index (χ1n) is 10.4. The average molecular weight is 400 g/mol. The number of unbranched alkanes of at least 4 members (excludes halogenated alkanes) is 1. The lowest BCUT2D eigenvalue weighted by molar-refractivity contribution is 0.765. The zero-order valence-electron chi connectivity index (χ0n) is 17.2. The zero-order valence-corrected chi connectivity index (χ0v) is 17.2. The molecule has 1 aliphatic heterocycles. The number of nitroso groups, excluding NO2 is 1. The zero-order chi connectivity index (χ0) is 20.7. The van der Waals surface area contributed by atoms with Gasteiger partial charge in [-0.25, -0.2) is 4.98 Å². The van der Waals surface area contributed by atoms with E-state index in [-0.39, 0.29) is 0 Å². The average Bonchev–Trinajstić information content (AvgIpc) is 3.46. The molecule has 0 amide bonds. The summed E-state index contributed by atoms with van der Waals surface area (Å²) in [5.41, 5.74) is 8.04. The van der Waals surface area contributed by atoms with Gasteiger partial charge >= 0.3 is 0 Å². The van der Waals surface area contributed by atoms with Gasteiger partial charge in [0.2, 0.25) is 0 Å². The third-order valence-electron chi connectivity index (χ3n) is 5.82. The number of fused-ring (bicyclic) bond motifs is 2. The van der Waals surface area contributed by atoms with Crippen LogP contribution in [0.2, 0.25) is 0 Å². The minimum Gasteiger partial charge on any atom is -0.337 e. The summed E-state index contributed by atoms with van der Waals surface area (Å²) in [5.74, 6) is 0.608. The van der Waals surface area contributed by atoms with Crippen molar-refractivity contribution in [3.05, 3.63) is 58.0 Å². The van der Waals surface area contributed by atoms with Crippen LogP contribution in [0.15, 0.2) is 41.6 Å². The summed E-state index contributed by atoms with van der Waals surface area (Å²) in [6.07, 6.45) is 3.39. The third kappa shape index (κ3) is 3.11. The number of aryl methyl sites for hydroxylation is 2. The van der Waals surface area contributed by atoms with Crippen molar-refractivity contribution < 1.29 is 0 Å². The number of benzene rings is 2. The van der Waals surface area contributed by atoms with Gasteiger partial charge in [0.15, 0.2) is 11.5 Å².